The van der Waals surface area contributed by atoms with Gasteiger partial charge in [0.1, 0.15) is 0 Å². The molecule has 0 saturated carbocycles. The topological polar surface area (TPSA) is 81.8 Å². The van der Waals surface area contributed by atoms with E-state index in [0.29, 0.717) is 5.56 Å². The summed E-state index contributed by atoms with van der Waals surface area (Å²) in [7, 11) is 0. The van der Waals surface area contributed by atoms with Crippen LogP contribution in [-0.4, -0.2) is 61.4 Å². The molecule has 1 aliphatic rings. The summed E-state index contributed by atoms with van der Waals surface area (Å²) in [5.41, 5.74) is 1.78. The van der Waals surface area contributed by atoms with Crippen molar-refractivity contribution < 1.29 is 14.4 Å². The Hall–Kier alpha value is -2.41. The fourth-order valence-corrected chi connectivity index (χ4v) is 2.74. The molecule has 0 radical (unpaired) electrons. The van der Waals surface area contributed by atoms with Crippen molar-refractivity contribution in [2.45, 2.75) is 26.8 Å². The average molecular weight is 346 g/mol. The smallest absolute Gasteiger partial charge is 0.321 e. The molecule has 0 aliphatic carbocycles. The summed E-state index contributed by atoms with van der Waals surface area (Å²) < 4.78 is 0. The highest BCUT2D eigenvalue weighted by Crippen LogP contribution is 2.17. The number of imide groups is 1. The molecule has 1 aromatic carbocycles. The van der Waals surface area contributed by atoms with Crippen LogP contribution in [0.25, 0.3) is 0 Å². The highest BCUT2D eigenvalue weighted by molar-refractivity contribution is 5.95. The van der Waals surface area contributed by atoms with Crippen LogP contribution in [0.15, 0.2) is 24.3 Å². The Balaban J connectivity index is 1.78. The van der Waals surface area contributed by atoms with Gasteiger partial charge in [0.05, 0.1) is 6.54 Å². The number of hydrogen-bond donors (Lipinski definition) is 2. The van der Waals surface area contributed by atoms with E-state index in [0.717, 1.165) is 31.9 Å². The molecule has 1 fully saturated rings. The van der Waals surface area contributed by atoms with Gasteiger partial charge in [-0.1, -0.05) is 0 Å². The molecular weight excluding hydrogens is 320 g/mol. The predicted octanol–water partition coefficient (Wildman–Crippen LogP) is 1.25. The minimum absolute atomic E-state index is 0.00858. The molecule has 1 saturated heterocycles. The Morgan fingerprint density at radius 1 is 1.04 bits per heavy atom. The maximum absolute atomic E-state index is 11.9. The number of amides is 3. The number of carbonyl (C=O) groups is 3. The van der Waals surface area contributed by atoms with Gasteiger partial charge in [-0.3, -0.25) is 19.8 Å². The minimum Gasteiger partial charge on any atom is -0.369 e. The van der Waals surface area contributed by atoms with E-state index in [1.807, 2.05) is 43.0 Å². The van der Waals surface area contributed by atoms with Crippen molar-refractivity contribution in [3.8, 4) is 0 Å². The zero-order chi connectivity index (χ0) is 18.4. The SMILES string of the molecule is CC(=O)c1ccc(N2CCN(CC(=O)NC(=O)NC(C)C)CC2)cc1. The van der Waals surface area contributed by atoms with Crippen LogP contribution in [0.3, 0.4) is 0 Å². The van der Waals surface area contributed by atoms with Crippen LogP contribution in [0.2, 0.25) is 0 Å². The number of hydrogen-bond acceptors (Lipinski definition) is 5. The van der Waals surface area contributed by atoms with Gasteiger partial charge in [0.25, 0.3) is 0 Å². The van der Waals surface area contributed by atoms with E-state index in [2.05, 4.69) is 15.5 Å². The van der Waals surface area contributed by atoms with Gasteiger partial charge in [0.2, 0.25) is 5.91 Å². The van der Waals surface area contributed by atoms with Crippen molar-refractivity contribution in [3.63, 3.8) is 0 Å². The van der Waals surface area contributed by atoms with Crippen molar-refractivity contribution >= 4 is 23.4 Å². The van der Waals surface area contributed by atoms with Crippen molar-refractivity contribution in [1.82, 2.24) is 15.5 Å². The highest BCUT2D eigenvalue weighted by atomic mass is 16.2. The summed E-state index contributed by atoms with van der Waals surface area (Å²) in [6.07, 6.45) is 0. The Morgan fingerprint density at radius 3 is 2.16 bits per heavy atom. The van der Waals surface area contributed by atoms with Crippen molar-refractivity contribution in [1.29, 1.82) is 0 Å². The van der Waals surface area contributed by atoms with Crippen molar-refractivity contribution in [2.75, 3.05) is 37.6 Å². The van der Waals surface area contributed by atoms with E-state index in [9.17, 15) is 14.4 Å². The Labute approximate surface area is 148 Å². The zero-order valence-electron chi connectivity index (χ0n) is 15.0. The summed E-state index contributed by atoms with van der Waals surface area (Å²) >= 11 is 0. The summed E-state index contributed by atoms with van der Waals surface area (Å²) in [5, 5.41) is 4.97. The molecule has 0 spiro atoms. The molecule has 0 atom stereocenters. The molecule has 7 heteroatoms. The number of nitrogens with one attached hydrogen (secondary N) is 2. The quantitative estimate of drug-likeness (QED) is 0.784. The second-order valence-electron chi connectivity index (χ2n) is 6.54. The van der Waals surface area contributed by atoms with Gasteiger partial charge in [0, 0.05) is 43.5 Å². The van der Waals surface area contributed by atoms with Gasteiger partial charge >= 0.3 is 6.03 Å². The molecule has 1 aliphatic heterocycles. The summed E-state index contributed by atoms with van der Waals surface area (Å²) in [5.74, 6) is -0.235. The van der Waals surface area contributed by atoms with Gasteiger partial charge in [-0.25, -0.2) is 4.79 Å². The monoisotopic (exact) mass is 346 g/mol. The minimum atomic E-state index is -0.454. The molecule has 1 aromatic rings. The predicted molar refractivity (Wildman–Crippen MR) is 96.9 cm³/mol. The number of ketones is 1. The first-order chi connectivity index (χ1) is 11.8. The first-order valence-electron chi connectivity index (χ1n) is 8.54. The third-order valence-corrected chi connectivity index (χ3v) is 4.05. The molecule has 0 unspecified atom stereocenters. The lowest BCUT2D eigenvalue weighted by Gasteiger charge is -2.35. The summed E-state index contributed by atoms with van der Waals surface area (Å²) in [4.78, 5) is 39.0. The maximum atomic E-state index is 11.9. The number of carbonyl (C=O) groups excluding carboxylic acids is 3. The number of Topliss-reactive ketones (excluding diaryl/α,β-unsaturated/α-hetero) is 1. The fraction of sp³-hybridized carbons (Fsp3) is 0.500. The van der Waals surface area contributed by atoms with Crippen LogP contribution in [0.5, 0.6) is 0 Å². The van der Waals surface area contributed by atoms with Gasteiger partial charge in [-0.15, -0.1) is 0 Å². The highest BCUT2D eigenvalue weighted by Gasteiger charge is 2.20. The molecule has 0 bridgehead atoms. The lowest BCUT2D eigenvalue weighted by Crippen LogP contribution is -2.51. The first kappa shape index (κ1) is 18.9. The molecule has 1 heterocycles. The number of benzene rings is 1. The molecule has 136 valence electrons. The van der Waals surface area contributed by atoms with E-state index in [1.54, 1.807) is 6.92 Å². The second kappa shape index (κ2) is 8.62. The number of nitrogens with zero attached hydrogens (tertiary/aromatic N) is 2. The van der Waals surface area contributed by atoms with Crippen LogP contribution in [-0.2, 0) is 4.79 Å². The summed E-state index contributed by atoms with van der Waals surface area (Å²) in [6.45, 7) is 8.53. The van der Waals surface area contributed by atoms with Crippen molar-refractivity contribution in [2.24, 2.45) is 0 Å². The Bertz CT molecular complexity index is 620. The number of anilines is 1. The molecular formula is C18H26N4O3. The Morgan fingerprint density at radius 2 is 1.64 bits per heavy atom. The van der Waals surface area contributed by atoms with Crippen LogP contribution in [0, 0.1) is 0 Å². The van der Waals surface area contributed by atoms with Crippen LogP contribution < -0.4 is 15.5 Å². The van der Waals surface area contributed by atoms with Gasteiger partial charge < -0.3 is 10.2 Å². The fourth-order valence-electron chi connectivity index (χ4n) is 2.74. The lowest BCUT2D eigenvalue weighted by molar-refractivity contribution is -0.121. The maximum Gasteiger partial charge on any atom is 0.321 e. The standard InChI is InChI=1S/C18H26N4O3/c1-13(2)19-18(25)20-17(24)12-21-8-10-22(11-9-21)16-6-4-15(5-7-16)14(3)23/h4-7,13H,8-12H2,1-3H3,(H2,19,20,24,25). The largest absolute Gasteiger partial charge is 0.369 e. The van der Waals surface area contributed by atoms with E-state index in [4.69, 9.17) is 0 Å². The van der Waals surface area contributed by atoms with E-state index >= 15 is 0 Å². The van der Waals surface area contributed by atoms with Gasteiger partial charge in [0.15, 0.2) is 5.78 Å². The normalized spacial score (nSPS) is 15.1. The van der Waals surface area contributed by atoms with Crippen LogP contribution >= 0.6 is 0 Å². The lowest BCUT2D eigenvalue weighted by atomic mass is 10.1. The second-order valence-corrected chi connectivity index (χ2v) is 6.54. The van der Waals surface area contributed by atoms with Gasteiger partial charge in [-0.05, 0) is 45.0 Å². The zero-order valence-corrected chi connectivity index (χ0v) is 15.0. The third kappa shape index (κ3) is 5.86. The molecule has 3 amide bonds. The third-order valence-electron chi connectivity index (χ3n) is 4.05. The number of piperazine rings is 1. The molecule has 7 nitrogen and oxygen atoms in total. The molecule has 2 rings (SSSR count). The van der Waals surface area contributed by atoms with E-state index < -0.39 is 6.03 Å². The Kier molecular flexibility index (Phi) is 6.52. The number of rotatable bonds is 5. The van der Waals surface area contributed by atoms with Crippen LogP contribution in [0.1, 0.15) is 31.1 Å². The number of urea groups is 1. The average Bonchev–Trinajstić information content (AvgIpc) is 2.54. The van der Waals surface area contributed by atoms with Crippen LogP contribution in [0.4, 0.5) is 10.5 Å². The molecule has 0 aromatic heterocycles. The molecule has 2 N–H and O–H groups in total. The molecule has 25 heavy (non-hydrogen) atoms. The first-order valence-corrected chi connectivity index (χ1v) is 8.54. The summed E-state index contributed by atoms with van der Waals surface area (Å²) in [6, 6.07) is 7.12. The van der Waals surface area contributed by atoms with Gasteiger partial charge in [-0.2, -0.15) is 0 Å². The van der Waals surface area contributed by atoms with E-state index in [-0.39, 0.29) is 24.3 Å². The van der Waals surface area contributed by atoms with Crippen molar-refractivity contribution in [3.05, 3.63) is 29.8 Å². The van der Waals surface area contributed by atoms with E-state index in [1.165, 1.54) is 0 Å².